The highest BCUT2D eigenvalue weighted by atomic mass is 19.4. The van der Waals surface area contributed by atoms with E-state index in [9.17, 15) is 18.0 Å². The number of pyridine rings is 1. The second-order valence-corrected chi connectivity index (χ2v) is 3.84. The van der Waals surface area contributed by atoms with Gasteiger partial charge in [-0.1, -0.05) is 0 Å². The van der Waals surface area contributed by atoms with E-state index in [1.807, 2.05) is 0 Å². The van der Waals surface area contributed by atoms with Crippen LogP contribution in [0.1, 0.15) is 10.4 Å². The van der Waals surface area contributed by atoms with Crippen LogP contribution in [0, 0.1) is 11.5 Å². The fourth-order valence-electron chi connectivity index (χ4n) is 1.50. The first-order valence-corrected chi connectivity index (χ1v) is 5.17. The van der Waals surface area contributed by atoms with Gasteiger partial charge >= 0.3 is 6.18 Å². The Morgan fingerprint density at radius 3 is 2.74 bits per heavy atom. The van der Waals surface area contributed by atoms with Crippen LogP contribution in [0.4, 0.5) is 13.2 Å². The third-order valence-electron chi connectivity index (χ3n) is 2.30. The van der Waals surface area contributed by atoms with Crippen molar-refractivity contribution < 1.29 is 18.0 Å². The predicted molar refractivity (Wildman–Crippen MR) is 59.6 cm³/mol. The maximum absolute atomic E-state index is 12.2. The number of aromatic nitrogens is 1. The van der Waals surface area contributed by atoms with E-state index in [0.717, 1.165) is 7.05 Å². The van der Waals surface area contributed by atoms with Crippen molar-refractivity contribution in [2.24, 2.45) is 12.0 Å². The maximum atomic E-state index is 12.2. The molecule has 0 saturated heterocycles. The monoisotopic (exact) mass is 272 g/mol. The van der Waals surface area contributed by atoms with E-state index in [1.165, 1.54) is 36.1 Å². The zero-order valence-corrected chi connectivity index (χ0v) is 10.3. The summed E-state index contributed by atoms with van der Waals surface area (Å²) in [6.07, 6.45) is -1.42. The predicted octanol–water partition coefficient (Wildman–Crippen LogP) is 1.04. The van der Waals surface area contributed by atoms with Crippen molar-refractivity contribution in [2.45, 2.75) is 6.18 Å². The Kier molecular flexibility index (Phi) is 4.32. The molecule has 1 aromatic heterocycles. The van der Waals surface area contributed by atoms with Crippen LogP contribution in [0.25, 0.3) is 0 Å². The van der Waals surface area contributed by atoms with E-state index >= 15 is 0 Å². The molecule has 0 fully saturated rings. The van der Waals surface area contributed by atoms with Crippen LogP contribution in [-0.4, -0.2) is 35.1 Å². The number of carbonyl (C=O) groups excluding carboxylic acids is 1. The van der Waals surface area contributed by atoms with E-state index < -0.39 is 18.6 Å². The fraction of sp³-hybridized carbons (Fsp3) is 0.364. The fourth-order valence-corrected chi connectivity index (χ4v) is 1.50. The first kappa shape index (κ1) is 14.8. The van der Waals surface area contributed by atoms with Crippen molar-refractivity contribution in [3.63, 3.8) is 0 Å². The van der Waals surface area contributed by atoms with Gasteiger partial charge in [0.05, 0.1) is 5.56 Å². The molecule has 0 atom stereocenters. The van der Waals surface area contributed by atoms with Crippen molar-refractivity contribution in [2.75, 3.05) is 13.6 Å². The lowest BCUT2D eigenvalue weighted by Gasteiger charge is -2.19. The van der Waals surface area contributed by atoms with Crippen LogP contribution in [0.5, 0.6) is 0 Å². The lowest BCUT2D eigenvalue weighted by atomic mass is 10.2. The van der Waals surface area contributed by atoms with Crippen LogP contribution in [0.15, 0.2) is 23.3 Å². The molecule has 0 aliphatic heterocycles. The van der Waals surface area contributed by atoms with E-state index in [2.05, 4.69) is 4.99 Å². The summed E-state index contributed by atoms with van der Waals surface area (Å²) in [4.78, 5) is 15.9. The number of halogens is 3. The Morgan fingerprint density at radius 1 is 1.58 bits per heavy atom. The second-order valence-electron chi connectivity index (χ2n) is 3.84. The number of amides is 1. The molecule has 0 unspecified atom stereocenters. The Balaban J connectivity index is 3.18. The van der Waals surface area contributed by atoms with Gasteiger partial charge in [0, 0.05) is 20.3 Å². The summed E-state index contributed by atoms with van der Waals surface area (Å²) in [5.74, 6) is -0.845. The molecule has 0 aliphatic rings. The largest absolute Gasteiger partial charge is 0.406 e. The summed E-state index contributed by atoms with van der Waals surface area (Å²) in [6, 6.07) is 2.82. The highest BCUT2D eigenvalue weighted by Gasteiger charge is 2.31. The average Bonchev–Trinajstić information content (AvgIpc) is 2.29. The molecule has 0 saturated carbocycles. The van der Waals surface area contributed by atoms with Gasteiger partial charge < -0.3 is 9.47 Å². The van der Waals surface area contributed by atoms with Gasteiger partial charge in [0.15, 0.2) is 5.49 Å². The van der Waals surface area contributed by atoms with Crippen molar-refractivity contribution in [1.29, 1.82) is 5.26 Å². The number of hydrogen-bond acceptors (Lipinski definition) is 3. The minimum atomic E-state index is -4.48. The van der Waals surface area contributed by atoms with Gasteiger partial charge in [-0.2, -0.15) is 23.4 Å². The molecule has 1 amide bonds. The molecule has 1 heterocycles. The molecule has 19 heavy (non-hydrogen) atoms. The van der Waals surface area contributed by atoms with Gasteiger partial charge in [0.2, 0.25) is 6.19 Å². The van der Waals surface area contributed by atoms with Crippen molar-refractivity contribution in [3.05, 3.63) is 29.4 Å². The Hall–Kier alpha value is -2.30. The summed E-state index contributed by atoms with van der Waals surface area (Å²) in [6.45, 7) is -1.36. The number of nitrogens with zero attached hydrogens (tertiary/aromatic N) is 4. The third kappa shape index (κ3) is 3.84. The standard InChI is InChI=1S/C11H11F3N4O/c1-17-5-3-4-8(9(17)16-7-15)10(19)18(2)6-11(12,13)14/h3-5H,6H2,1-2H3. The molecule has 5 nitrogen and oxygen atoms in total. The summed E-state index contributed by atoms with van der Waals surface area (Å²) in [7, 11) is 2.58. The maximum Gasteiger partial charge on any atom is 0.406 e. The lowest BCUT2D eigenvalue weighted by molar-refractivity contribution is -0.138. The first-order valence-electron chi connectivity index (χ1n) is 5.17. The number of alkyl halides is 3. The summed E-state index contributed by atoms with van der Waals surface area (Å²) >= 11 is 0. The van der Waals surface area contributed by atoms with Crippen LogP contribution in [0.3, 0.4) is 0 Å². The van der Waals surface area contributed by atoms with Gasteiger partial charge in [0.1, 0.15) is 6.54 Å². The van der Waals surface area contributed by atoms with Crippen LogP contribution in [-0.2, 0) is 7.05 Å². The number of rotatable bonds is 2. The Labute approximate surface area is 107 Å². The van der Waals surface area contributed by atoms with E-state index in [-0.39, 0.29) is 11.1 Å². The Morgan fingerprint density at radius 2 is 2.21 bits per heavy atom. The molecule has 0 spiro atoms. The number of nitriles is 1. The van der Waals surface area contributed by atoms with Gasteiger partial charge in [0.25, 0.3) is 5.91 Å². The van der Waals surface area contributed by atoms with Crippen molar-refractivity contribution >= 4 is 5.91 Å². The van der Waals surface area contributed by atoms with Crippen molar-refractivity contribution in [1.82, 2.24) is 9.47 Å². The smallest absolute Gasteiger partial charge is 0.335 e. The molecular weight excluding hydrogens is 261 g/mol. The molecule has 8 heteroatoms. The van der Waals surface area contributed by atoms with Crippen LogP contribution in [0.2, 0.25) is 0 Å². The van der Waals surface area contributed by atoms with E-state index in [1.54, 1.807) is 0 Å². The number of aryl methyl sites for hydroxylation is 1. The van der Waals surface area contributed by atoms with Gasteiger partial charge in [-0.3, -0.25) is 4.79 Å². The third-order valence-corrected chi connectivity index (χ3v) is 2.30. The highest BCUT2D eigenvalue weighted by molar-refractivity contribution is 5.93. The molecule has 0 aliphatic carbocycles. The quantitative estimate of drug-likeness (QED) is 0.755. The zero-order chi connectivity index (χ0) is 14.6. The molecule has 1 rings (SSSR count). The minimum absolute atomic E-state index is 0.0176. The van der Waals surface area contributed by atoms with Gasteiger partial charge in [-0.25, -0.2) is 0 Å². The summed E-state index contributed by atoms with van der Waals surface area (Å²) in [5.41, 5.74) is -0.0395. The molecule has 1 aromatic rings. The van der Waals surface area contributed by atoms with Crippen LogP contribution < -0.4 is 5.49 Å². The van der Waals surface area contributed by atoms with Crippen molar-refractivity contribution in [3.8, 4) is 6.19 Å². The normalized spacial score (nSPS) is 12.1. The zero-order valence-electron chi connectivity index (χ0n) is 10.3. The summed E-state index contributed by atoms with van der Waals surface area (Å²) < 4.78 is 38.1. The molecule has 0 N–H and O–H groups in total. The van der Waals surface area contributed by atoms with E-state index in [4.69, 9.17) is 5.26 Å². The Bertz CT molecular complexity index is 583. The number of carbonyl (C=O) groups is 1. The molecular formula is C11H11F3N4O. The summed E-state index contributed by atoms with van der Waals surface area (Å²) in [5, 5.41) is 8.54. The SMILES string of the molecule is CN(CC(F)(F)F)C(=O)c1cccn(C)c1=NC#N. The molecule has 0 bridgehead atoms. The second kappa shape index (κ2) is 5.56. The topological polar surface area (TPSA) is 61.4 Å². The first-order chi connectivity index (χ1) is 8.76. The lowest BCUT2D eigenvalue weighted by Crippen LogP contribution is -2.39. The molecule has 0 radical (unpaired) electrons. The van der Waals surface area contributed by atoms with Gasteiger partial charge in [-0.15, -0.1) is 0 Å². The molecule has 0 aromatic carbocycles. The average molecular weight is 272 g/mol. The highest BCUT2D eigenvalue weighted by Crippen LogP contribution is 2.16. The number of hydrogen-bond donors (Lipinski definition) is 0. The minimum Gasteiger partial charge on any atom is -0.335 e. The van der Waals surface area contributed by atoms with Gasteiger partial charge in [-0.05, 0) is 12.1 Å². The van der Waals surface area contributed by atoms with Crippen LogP contribution >= 0.6 is 0 Å². The molecule has 102 valence electrons. The van der Waals surface area contributed by atoms with E-state index in [0.29, 0.717) is 4.90 Å².